The Morgan fingerprint density at radius 2 is 1.34 bits per heavy atom. The number of rotatable bonds is 7. The minimum Gasteiger partial charge on any atom is -0.497 e. The highest BCUT2D eigenvalue weighted by molar-refractivity contribution is 6.02. The Bertz CT molecular complexity index is 1230. The van der Waals surface area contributed by atoms with Crippen LogP contribution in [0.25, 0.3) is 0 Å². The number of Topliss-reactive ketones (excluding diaryl/α,β-unsaturated/α-hetero) is 1. The maximum Gasteiger partial charge on any atom is 0.190 e. The summed E-state index contributed by atoms with van der Waals surface area (Å²) in [6.45, 7) is 4.58. The second-order valence-corrected chi connectivity index (χ2v) is 9.67. The van der Waals surface area contributed by atoms with Gasteiger partial charge < -0.3 is 9.47 Å². The molecule has 1 fully saturated rings. The van der Waals surface area contributed by atoms with Gasteiger partial charge in [-0.1, -0.05) is 59.8 Å². The Hall–Kier alpha value is -3.67. The van der Waals surface area contributed by atoms with Crippen molar-refractivity contribution in [2.75, 3.05) is 20.8 Å². The molecular formula is C29H31N3O3. The molecule has 0 aromatic heterocycles. The van der Waals surface area contributed by atoms with Crippen molar-refractivity contribution < 1.29 is 14.3 Å². The molecule has 0 spiro atoms. The van der Waals surface area contributed by atoms with Crippen LogP contribution in [-0.2, 0) is 11.2 Å². The molecule has 0 N–H and O–H groups in total. The predicted molar refractivity (Wildman–Crippen MR) is 135 cm³/mol. The first-order valence-corrected chi connectivity index (χ1v) is 12.0. The first-order chi connectivity index (χ1) is 16.9. The average Bonchev–Trinajstić information content (AvgIpc) is 3.01. The number of fused-ring (bicyclic) bond motifs is 2. The molecule has 1 heterocycles. The summed E-state index contributed by atoms with van der Waals surface area (Å²) in [7, 11) is 3.31. The number of hydrogen-bond donors (Lipinski definition) is 0. The number of ketones is 1. The Morgan fingerprint density at radius 3 is 1.89 bits per heavy atom. The van der Waals surface area contributed by atoms with Crippen molar-refractivity contribution in [3.63, 3.8) is 0 Å². The molecule has 1 aliphatic carbocycles. The lowest BCUT2D eigenvalue weighted by molar-refractivity contribution is -0.135. The first-order valence-electron chi connectivity index (χ1n) is 12.0. The molecule has 6 nitrogen and oxygen atoms in total. The smallest absolute Gasteiger partial charge is 0.190 e. The monoisotopic (exact) mass is 469 g/mol. The number of nitrogens with zero attached hydrogens (tertiary/aromatic N) is 3. The summed E-state index contributed by atoms with van der Waals surface area (Å²) < 4.78 is 10.8. The lowest BCUT2D eigenvalue weighted by Gasteiger charge is -2.41. The van der Waals surface area contributed by atoms with Gasteiger partial charge >= 0.3 is 0 Å². The average molecular weight is 470 g/mol. The summed E-state index contributed by atoms with van der Waals surface area (Å²) >= 11 is 0. The number of benzene rings is 3. The summed E-state index contributed by atoms with van der Waals surface area (Å²) in [5.41, 5.74) is 1.53. The van der Waals surface area contributed by atoms with E-state index in [1.54, 1.807) is 14.2 Å². The van der Waals surface area contributed by atoms with Gasteiger partial charge in [-0.3, -0.25) is 9.80 Å². The summed E-state index contributed by atoms with van der Waals surface area (Å²) in [6.07, 6.45) is 0.780. The standard InChI is InChI=1S/C29H31N3O3/c1-28-25(21-10-14-23(34-3)15-11-21)26(22-12-16-24(35-4)17-13-22)29(2,27(28)33)32(31-30-28)19-18-20-8-6-5-7-9-20/h5-17,25-26H,18-19H2,1-4H3/t25-,26-,28+,29-/m0/s1. The molecule has 6 heteroatoms. The SMILES string of the molecule is COc1ccc([C@H]2[C@H](c3ccc(OC)cc3)[C@@]3(C)C(=O)[C@]2(C)N=NN3CCc2ccccc2)cc1. The van der Waals surface area contributed by atoms with Crippen LogP contribution in [0.3, 0.4) is 0 Å². The summed E-state index contributed by atoms with van der Waals surface area (Å²) in [5.74, 6) is 1.35. The quantitative estimate of drug-likeness (QED) is 0.452. The van der Waals surface area contributed by atoms with E-state index in [2.05, 4.69) is 29.5 Å². The largest absolute Gasteiger partial charge is 0.497 e. The van der Waals surface area contributed by atoms with Crippen LogP contribution < -0.4 is 9.47 Å². The van der Waals surface area contributed by atoms with Gasteiger partial charge in [0.15, 0.2) is 5.78 Å². The Labute approximate surface area is 206 Å². The van der Waals surface area contributed by atoms with Crippen molar-refractivity contribution in [1.82, 2.24) is 5.01 Å². The molecule has 1 aliphatic heterocycles. The molecule has 3 aromatic carbocycles. The van der Waals surface area contributed by atoms with Gasteiger partial charge in [-0.05, 0) is 61.2 Å². The molecule has 0 saturated heterocycles. The third-order valence-corrected chi connectivity index (χ3v) is 7.77. The molecular weight excluding hydrogens is 438 g/mol. The molecule has 1 saturated carbocycles. The van der Waals surface area contributed by atoms with E-state index < -0.39 is 11.1 Å². The summed E-state index contributed by atoms with van der Waals surface area (Å²) in [6, 6.07) is 26.3. The normalized spacial score (nSPS) is 27.2. The van der Waals surface area contributed by atoms with Crippen molar-refractivity contribution in [3.05, 3.63) is 95.6 Å². The van der Waals surface area contributed by atoms with Crippen LogP contribution in [0.5, 0.6) is 11.5 Å². The Balaban J connectivity index is 1.60. The van der Waals surface area contributed by atoms with Crippen LogP contribution in [-0.4, -0.2) is 42.6 Å². The van der Waals surface area contributed by atoms with Crippen molar-refractivity contribution in [2.24, 2.45) is 10.3 Å². The third-order valence-electron chi connectivity index (χ3n) is 7.77. The number of carbonyl (C=O) groups is 1. The van der Waals surface area contributed by atoms with E-state index in [1.807, 2.05) is 73.5 Å². The van der Waals surface area contributed by atoms with Gasteiger partial charge in [-0.2, -0.15) is 5.11 Å². The molecule has 5 rings (SSSR count). The van der Waals surface area contributed by atoms with Crippen molar-refractivity contribution >= 4 is 5.78 Å². The van der Waals surface area contributed by atoms with E-state index in [0.717, 1.165) is 29.0 Å². The second-order valence-electron chi connectivity index (χ2n) is 9.67. The maximum absolute atomic E-state index is 14.2. The number of ether oxygens (including phenoxy) is 2. The van der Waals surface area contributed by atoms with Crippen molar-refractivity contribution in [2.45, 2.75) is 43.2 Å². The van der Waals surface area contributed by atoms with E-state index in [-0.39, 0.29) is 17.6 Å². The lowest BCUT2D eigenvalue weighted by atomic mass is 9.74. The van der Waals surface area contributed by atoms with Crippen LogP contribution in [0.1, 0.15) is 42.4 Å². The highest BCUT2D eigenvalue weighted by Crippen LogP contribution is 2.60. The highest BCUT2D eigenvalue weighted by Gasteiger charge is 2.69. The van der Waals surface area contributed by atoms with Gasteiger partial charge in [0.25, 0.3) is 0 Å². The van der Waals surface area contributed by atoms with Gasteiger partial charge in [-0.25, -0.2) is 0 Å². The van der Waals surface area contributed by atoms with Crippen molar-refractivity contribution in [3.8, 4) is 11.5 Å². The lowest BCUT2D eigenvalue weighted by Crippen LogP contribution is -2.56. The summed E-state index contributed by atoms with van der Waals surface area (Å²) in [4.78, 5) is 14.2. The van der Waals surface area contributed by atoms with Crippen LogP contribution in [0.4, 0.5) is 0 Å². The zero-order valence-electron chi connectivity index (χ0n) is 20.6. The maximum atomic E-state index is 14.2. The molecule has 0 unspecified atom stereocenters. The molecule has 3 aromatic rings. The Kier molecular flexibility index (Phi) is 5.83. The van der Waals surface area contributed by atoms with Crippen molar-refractivity contribution in [1.29, 1.82) is 0 Å². The van der Waals surface area contributed by atoms with Crippen LogP contribution in [0.15, 0.2) is 89.2 Å². The number of carbonyl (C=O) groups excluding carboxylic acids is 1. The molecule has 0 radical (unpaired) electrons. The zero-order valence-corrected chi connectivity index (χ0v) is 20.6. The van der Waals surface area contributed by atoms with Gasteiger partial charge in [0.2, 0.25) is 0 Å². The minimum absolute atomic E-state index is 0.106. The fraction of sp³-hybridized carbons (Fsp3) is 0.345. The van der Waals surface area contributed by atoms with Crippen LogP contribution >= 0.6 is 0 Å². The second kappa shape index (κ2) is 8.84. The molecule has 35 heavy (non-hydrogen) atoms. The topological polar surface area (TPSA) is 63.5 Å². The predicted octanol–water partition coefficient (Wildman–Crippen LogP) is 5.60. The molecule has 4 atom stereocenters. The Morgan fingerprint density at radius 1 is 0.800 bits per heavy atom. The third kappa shape index (κ3) is 3.68. The number of hydrogen-bond acceptors (Lipinski definition) is 6. The molecule has 2 bridgehead atoms. The van der Waals surface area contributed by atoms with Crippen LogP contribution in [0.2, 0.25) is 0 Å². The zero-order chi connectivity index (χ0) is 24.6. The van der Waals surface area contributed by atoms with Gasteiger partial charge in [-0.15, -0.1) is 0 Å². The molecule has 180 valence electrons. The molecule has 0 amide bonds. The van der Waals surface area contributed by atoms with E-state index in [9.17, 15) is 4.79 Å². The van der Waals surface area contributed by atoms with E-state index >= 15 is 0 Å². The van der Waals surface area contributed by atoms with E-state index in [1.165, 1.54) is 5.56 Å². The first kappa shape index (κ1) is 23.1. The fourth-order valence-corrected chi connectivity index (χ4v) is 5.88. The van der Waals surface area contributed by atoms with E-state index in [4.69, 9.17) is 14.6 Å². The minimum atomic E-state index is -0.961. The van der Waals surface area contributed by atoms with Crippen LogP contribution in [0, 0.1) is 0 Å². The van der Waals surface area contributed by atoms with E-state index in [0.29, 0.717) is 6.54 Å². The van der Waals surface area contributed by atoms with Gasteiger partial charge in [0, 0.05) is 18.4 Å². The molecule has 2 aliphatic rings. The highest BCUT2D eigenvalue weighted by atomic mass is 16.5. The number of methoxy groups -OCH3 is 2. The summed E-state index contributed by atoms with van der Waals surface area (Å²) in [5, 5.41) is 11.3. The fourth-order valence-electron chi connectivity index (χ4n) is 5.88. The van der Waals surface area contributed by atoms with Gasteiger partial charge in [0.05, 0.1) is 14.2 Å². The van der Waals surface area contributed by atoms with Gasteiger partial charge in [0.1, 0.15) is 22.6 Å².